The summed E-state index contributed by atoms with van der Waals surface area (Å²) in [7, 11) is -3.85. The molecule has 0 aliphatic carbocycles. The second-order valence-electron chi connectivity index (χ2n) is 4.11. The van der Waals surface area contributed by atoms with Crippen molar-refractivity contribution in [1.82, 2.24) is 19.5 Å². The monoisotopic (exact) mass is 287 g/mol. The number of carbonyl (C=O) groups is 1. The minimum absolute atomic E-state index is 0.0507. The van der Waals surface area contributed by atoms with E-state index in [0.717, 1.165) is 4.31 Å². The number of aromatic nitrogens is 3. The van der Waals surface area contributed by atoms with Gasteiger partial charge in [-0.1, -0.05) is 0 Å². The van der Waals surface area contributed by atoms with Crippen LogP contribution in [-0.2, 0) is 15.0 Å². The van der Waals surface area contributed by atoms with Crippen LogP contribution in [0, 0.1) is 5.92 Å². The lowest BCUT2D eigenvalue weighted by Gasteiger charge is -2.29. The second kappa shape index (κ2) is 5.45. The van der Waals surface area contributed by atoms with Gasteiger partial charge in [0.05, 0.1) is 18.3 Å². The molecule has 10 heteroatoms. The lowest BCUT2D eigenvalue weighted by Crippen LogP contribution is -2.44. The SMILES string of the molecule is O=C(O)C1CCCN(S(=O)(=O)Nc2nccnn2)C1. The van der Waals surface area contributed by atoms with Gasteiger partial charge in [-0.05, 0) is 12.8 Å². The van der Waals surface area contributed by atoms with E-state index in [9.17, 15) is 13.2 Å². The van der Waals surface area contributed by atoms with E-state index < -0.39 is 22.1 Å². The first-order chi connectivity index (χ1) is 8.99. The fourth-order valence-electron chi connectivity index (χ4n) is 1.84. The molecular formula is C9H13N5O4S. The normalized spacial score (nSPS) is 20.9. The third-order valence-corrected chi connectivity index (χ3v) is 4.23. The van der Waals surface area contributed by atoms with Crippen LogP contribution in [0.2, 0.25) is 0 Å². The van der Waals surface area contributed by atoms with Crippen molar-refractivity contribution >= 4 is 22.1 Å². The zero-order valence-corrected chi connectivity index (χ0v) is 10.7. The molecule has 2 rings (SSSR count). The number of hydrogen-bond acceptors (Lipinski definition) is 6. The van der Waals surface area contributed by atoms with Gasteiger partial charge in [0.25, 0.3) is 5.95 Å². The molecule has 1 fully saturated rings. The number of nitrogens with zero attached hydrogens (tertiary/aromatic N) is 4. The molecule has 19 heavy (non-hydrogen) atoms. The van der Waals surface area contributed by atoms with Gasteiger partial charge in [-0.15, -0.1) is 5.10 Å². The molecule has 1 saturated heterocycles. The second-order valence-corrected chi connectivity index (χ2v) is 5.78. The molecule has 104 valence electrons. The summed E-state index contributed by atoms with van der Waals surface area (Å²) in [5.41, 5.74) is 0. The van der Waals surface area contributed by atoms with Gasteiger partial charge in [-0.25, -0.2) is 9.71 Å². The Labute approximate surface area is 109 Å². The topological polar surface area (TPSA) is 125 Å². The van der Waals surface area contributed by atoms with E-state index in [1.165, 1.54) is 12.4 Å². The van der Waals surface area contributed by atoms with Gasteiger partial charge in [-0.2, -0.15) is 17.8 Å². The van der Waals surface area contributed by atoms with Crippen LogP contribution in [0.15, 0.2) is 12.4 Å². The van der Waals surface area contributed by atoms with Crippen molar-refractivity contribution in [3.63, 3.8) is 0 Å². The van der Waals surface area contributed by atoms with Crippen LogP contribution in [0.4, 0.5) is 5.95 Å². The smallest absolute Gasteiger partial charge is 0.307 e. The summed E-state index contributed by atoms with van der Waals surface area (Å²) >= 11 is 0. The average molecular weight is 287 g/mol. The van der Waals surface area contributed by atoms with E-state index in [-0.39, 0.29) is 19.0 Å². The van der Waals surface area contributed by atoms with Crippen LogP contribution in [0.5, 0.6) is 0 Å². The molecule has 2 heterocycles. The number of nitrogens with one attached hydrogen (secondary N) is 1. The molecule has 1 aromatic heterocycles. The standard InChI is InChI=1S/C9H13N5O4S/c15-8(16)7-2-1-5-14(6-7)19(17,18)13-9-10-3-4-11-12-9/h3-4,7H,1-2,5-6H2,(H,15,16)(H,10,12,13). The predicted octanol–water partition coefficient (Wildman–Crippen LogP) is -0.675. The van der Waals surface area contributed by atoms with Gasteiger partial charge in [0.1, 0.15) is 0 Å². The molecule has 0 radical (unpaired) electrons. The van der Waals surface area contributed by atoms with Gasteiger partial charge in [0.15, 0.2) is 0 Å². The van der Waals surface area contributed by atoms with Crippen LogP contribution in [0.1, 0.15) is 12.8 Å². The van der Waals surface area contributed by atoms with Crippen LogP contribution in [0.3, 0.4) is 0 Å². The van der Waals surface area contributed by atoms with E-state index in [0.29, 0.717) is 12.8 Å². The molecule has 1 unspecified atom stereocenters. The fourth-order valence-corrected chi connectivity index (χ4v) is 3.04. The number of carboxylic acids is 1. The molecule has 1 aliphatic heterocycles. The maximum absolute atomic E-state index is 12.0. The molecule has 0 bridgehead atoms. The zero-order chi connectivity index (χ0) is 13.9. The highest BCUT2D eigenvalue weighted by molar-refractivity contribution is 7.90. The van der Waals surface area contributed by atoms with Crippen molar-refractivity contribution in [1.29, 1.82) is 0 Å². The highest BCUT2D eigenvalue weighted by Gasteiger charge is 2.32. The molecule has 2 N–H and O–H groups in total. The van der Waals surface area contributed by atoms with Gasteiger partial charge >= 0.3 is 16.2 Å². The Bertz CT molecular complexity index is 549. The van der Waals surface area contributed by atoms with E-state index in [2.05, 4.69) is 19.9 Å². The van der Waals surface area contributed by atoms with Crippen LogP contribution in [0.25, 0.3) is 0 Å². The van der Waals surface area contributed by atoms with Crippen molar-refractivity contribution in [2.24, 2.45) is 5.92 Å². The lowest BCUT2D eigenvalue weighted by molar-refractivity contribution is -0.142. The molecule has 1 aliphatic rings. The van der Waals surface area contributed by atoms with E-state index in [1.807, 2.05) is 0 Å². The quantitative estimate of drug-likeness (QED) is 0.751. The first-order valence-corrected chi connectivity index (χ1v) is 7.07. The van der Waals surface area contributed by atoms with Crippen LogP contribution < -0.4 is 4.72 Å². The summed E-state index contributed by atoms with van der Waals surface area (Å²) in [5, 5.41) is 16.0. The summed E-state index contributed by atoms with van der Waals surface area (Å²) < 4.78 is 27.3. The Morgan fingerprint density at radius 1 is 1.47 bits per heavy atom. The Balaban J connectivity index is 2.09. The Morgan fingerprint density at radius 3 is 2.89 bits per heavy atom. The first-order valence-electron chi connectivity index (χ1n) is 5.63. The van der Waals surface area contributed by atoms with E-state index in [4.69, 9.17) is 5.11 Å². The minimum atomic E-state index is -3.85. The van der Waals surface area contributed by atoms with Gasteiger partial charge in [0, 0.05) is 13.1 Å². The van der Waals surface area contributed by atoms with E-state index >= 15 is 0 Å². The van der Waals surface area contributed by atoms with Crippen LogP contribution >= 0.6 is 0 Å². The molecular weight excluding hydrogens is 274 g/mol. The highest BCUT2D eigenvalue weighted by Crippen LogP contribution is 2.19. The maximum atomic E-state index is 12.0. The van der Waals surface area contributed by atoms with Crippen molar-refractivity contribution in [3.8, 4) is 0 Å². The largest absolute Gasteiger partial charge is 0.481 e. The summed E-state index contributed by atoms with van der Waals surface area (Å²) in [5.74, 6) is -1.81. The van der Waals surface area contributed by atoms with Crippen molar-refractivity contribution in [2.75, 3.05) is 17.8 Å². The molecule has 0 saturated carbocycles. The molecule has 1 aromatic rings. The fraction of sp³-hybridized carbons (Fsp3) is 0.556. The summed E-state index contributed by atoms with van der Waals surface area (Å²) in [6, 6.07) is 0. The third kappa shape index (κ3) is 3.35. The van der Waals surface area contributed by atoms with Crippen LogP contribution in [-0.4, -0.2) is 52.1 Å². The van der Waals surface area contributed by atoms with Crippen molar-refractivity contribution < 1.29 is 18.3 Å². The molecule has 9 nitrogen and oxygen atoms in total. The highest BCUT2D eigenvalue weighted by atomic mass is 32.2. The zero-order valence-electron chi connectivity index (χ0n) is 9.93. The third-order valence-electron chi connectivity index (χ3n) is 2.78. The maximum Gasteiger partial charge on any atom is 0.307 e. The van der Waals surface area contributed by atoms with E-state index in [1.54, 1.807) is 0 Å². The summed E-state index contributed by atoms with van der Waals surface area (Å²) in [6.07, 6.45) is 3.61. The number of anilines is 1. The van der Waals surface area contributed by atoms with Crippen molar-refractivity contribution in [3.05, 3.63) is 12.4 Å². The number of aliphatic carboxylic acids is 1. The molecule has 0 amide bonds. The number of piperidine rings is 1. The van der Waals surface area contributed by atoms with Gasteiger partial charge < -0.3 is 5.11 Å². The molecule has 0 spiro atoms. The average Bonchev–Trinajstić information content (AvgIpc) is 2.39. The summed E-state index contributed by atoms with van der Waals surface area (Å²) in [4.78, 5) is 14.6. The Kier molecular flexibility index (Phi) is 3.90. The number of rotatable bonds is 4. The number of carboxylic acid groups (broad SMARTS) is 1. The first kappa shape index (κ1) is 13.6. The molecule has 1 atom stereocenters. The Hall–Kier alpha value is -1.81. The Morgan fingerprint density at radius 2 is 2.26 bits per heavy atom. The van der Waals surface area contributed by atoms with Gasteiger partial charge in [-0.3, -0.25) is 4.79 Å². The number of hydrogen-bond donors (Lipinski definition) is 2. The summed E-state index contributed by atoms with van der Waals surface area (Å²) in [6.45, 7) is 0.226. The lowest BCUT2D eigenvalue weighted by atomic mass is 10.0. The minimum Gasteiger partial charge on any atom is -0.481 e. The predicted molar refractivity (Wildman–Crippen MR) is 64.3 cm³/mol. The molecule has 0 aromatic carbocycles. The van der Waals surface area contributed by atoms with Gasteiger partial charge in [0.2, 0.25) is 0 Å². The van der Waals surface area contributed by atoms with Crippen molar-refractivity contribution in [2.45, 2.75) is 12.8 Å².